The van der Waals surface area contributed by atoms with E-state index in [1.165, 1.54) is 19.4 Å². The van der Waals surface area contributed by atoms with Crippen molar-refractivity contribution in [3.8, 4) is 11.5 Å². The van der Waals surface area contributed by atoms with E-state index in [0.717, 1.165) is 11.4 Å². The topological polar surface area (TPSA) is 81.2 Å². The van der Waals surface area contributed by atoms with Crippen LogP contribution in [0.1, 0.15) is 29.8 Å². The predicted molar refractivity (Wildman–Crippen MR) is 127 cm³/mol. The Bertz CT molecular complexity index is 1000. The number of hydrogen-bond donors (Lipinski definition) is 0. The number of pyridine rings is 1. The second-order valence-electron chi connectivity index (χ2n) is 7.24. The Hall–Kier alpha value is -3.26. The lowest BCUT2D eigenvalue weighted by atomic mass is 10.1. The fourth-order valence-electron chi connectivity index (χ4n) is 3.48. The van der Waals surface area contributed by atoms with Crippen molar-refractivity contribution in [2.24, 2.45) is 0 Å². The molecule has 1 aliphatic rings. The number of ether oxygens (including phenoxy) is 3. The van der Waals surface area contributed by atoms with E-state index in [-0.39, 0.29) is 11.9 Å². The van der Waals surface area contributed by atoms with E-state index in [0.29, 0.717) is 61.5 Å². The average molecular weight is 474 g/mol. The third kappa shape index (κ3) is 6.16. The van der Waals surface area contributed by atoms with Gasteiger partial charge in [0.15, 0.2) is 11.5 Å². The van der Waals surface area contributed by atoms with Gasteiger partial charge in [0.2, 0.25) is 5.91 Å². The van der Waals surface area contributed by atoms with Crippen LogP contribution in [-0.4, -0.2) is 68.3 Å². The maximum Gasteiger partial charge on any atom is 0.339 e. The van der Waals surface area contributed by atoms with Crippen molar-refractivity contribution in [1.29, 1.82) is 0 Å². The molecular formula is C24H28ClN3O5. The van der Waals surface area contributed by atoms with Gasteiger partial charge in [-0.05, 0) is 49.8 Å². The summed E-state index contributed by atoms with van der Waals surface area (Å²) in [6.07, 6.45) is 4.78. The smallest absolute Gasteiger partial charge is 0.339 e. The SMILES string of the molecule is CCOC(=O)c1ccc(N2CCN(C(=O)/C=C/c3cc(Cl)c(OC)c(OCC)c3)CC2)nc1. The zero-order valence-electron chi connectivity index (χ0n) is 19.0. The van der Waals surface area contributed by atoms with E-state index in [1.807, 2.05) is 6.92 Å². The maximum atomic E-state index is 12.7. The number of piperazine rings is 1. The number of methoxy groups -OCH3 is 1. The monoisotopic (exact) mass is 473 g/mol. The van der Waals surface area contributed by atoms with E-state index < -0.39 is 0 Å². The van der Waals surface area contributed by atoms with Crippen LogP contribution < -0.4 is 14.4 Å². The third-order valence-corrected chi connectivity index (χ3v) is 5.41. The molecule has 2 aromatic rings. The summed E-state index contributed by atoms with van der Waals surface area (Å²) in [5, 5.41) is 0.422. The van der Waals surface area contributed by atoms with Gasteiger partial charge in [0.05, 0.1) is 30.9 Å². The van der Waals surface area contributed by atoms with Crippen LogP contribution in [-0.2, 0) is 9.53 Å². The second kappa shape index (κ2) is 11.6. The second-order valence-corrected chi connectivity index (χ2v) is 7.65. The summed E-state index contributed by atoms with van der Waals surface area (Å²) >= 11 is 6.28. The minimum atomic E-state index is -0.384. The molecule has 0 atom stereocenters. The molecule has 0 spiro atoms. The highest BCUT2D eigenvalue weighted by Gasteiger charge is 2.21. The van der Waals surface area contributed by atoms with Gasteiger partial charge in [0.1, 0.15) is 5.82 Å². The molecular weight excluding hydrogens is 446 g/mol. The summed E-state index contributed by atoms with van der Waals surface area (Å²) in [7, 11) is 1.53. The van der Waals surface area contributed by atoms with Gasteiger partial charge in [-0.1, -0.05) is 11.6 Å². The van der Waals surface area contributed by atoms with Gasteiger partial charge in [-0.3, -0.25) is 4.79 Å². The van der Waals surface area contributed by atoms with Gasteiger partial charge in [-0.2, -0.15) is 0 Å². The van der Waals surface area contributed by atoms with Crippen molar-refractivity contribution in [3.63, 3.8) is 0 Å². The first-order valence-electron chi connectivity index (χ1n) is 10.8. The molecule has 1 aromatic heterocycles. The molecule has 3 rings (SSSR count). The zero-order valence-corrected chi connectivity index (χ0v) is 19.8. The van der Waals surface area contributed by atoms with Crippen molar-refractivity contribution >= 4 is 35.4 Å². The van der Waals surface area contributed by atoms with Crippen LogP contribution in [0, 0.1) is 0 Å². The van der Waals surface area contributed by atoms with Gasteiger partial charge in [0.25, 0.3) is 0 Å². The number of halogens is 1. The molecule has 176 valence electrons. The Morgan fingerprint density at radius 1 is 1.12 bits per heavy atom. The van der Waals surface area contributed by atoms with E-state index in [4.69, 9.17) is 25.8 Å². The summed E-state index contributed by atoms with van der Waals surface area (Å²) in [4.78, 5) is 32.7. The number of hydrogen-bond acceptors (Lipinski definition) is 7. The van der Waals surface area contributed by atoms with E-state index in [9.17, 15) is 9.59 Å². The van der Waals surface area contributed by atoms with Crippen LogP contribution in [0.5, 0.6) is 11.5 Å². The van der Waals surface area contributed by atoms with Gasteiger partial charge in [-0.25, -0.2) is 9.78 Å². The highest BCUT2D eigenvalue weighted by molar-refractivity contribution is 6.32. The number of esters is 1. The van der Waals surface area contributed by atoms with Gasteiger partial charge in [0, 0.05) is 38.5 Å². The number of carbonyl (C=O) groups excluding carboxylic acids is 2. The summed E-state index contributed by atoms with van der Waals surface area (Å²) in [5.74, 6) is 1.31. The predicted octanol–water partition coefficient (Wildman–Crippen LogP) is 3.68. The first-order chi connectivity index (χ1) is 16.0. The summed E-state index contributed by atoms with van der Waals surface area (Å²) in [6, 6.07) is 7.03. The number of carbonyl (C=O) groups is 2. The molecule has 0 radical (unpaired) electrons. The standard InChI is InChI=1S/C24H28ClN3O5/c1-4-32-20-15-17(14-19(25)23(20)31-3)6-9-22(29)28-12-10-27(11-13-28)21-8-7-18(16-26-21)24(30)33-5-2/h6-9,14-16H,4-5,10-13H2,1-3H3/b9-6+. The van der Waals surface area contributed by atoms with Gasteiger partial charge >= 0.3 is 5.97 Å². The molecule has 0 unspecified atom stereocenters. The first kappa shape index (κ1) is 24.4. The molecule has 8 nitrogen and oxygen atoms in total. The first-order valence-corrected chi connectivity index (χ1v) is 11.2. The lowest BCUT2D eigenvalue weighted by Crippen LogP contribution is -2.48. The average Bonchev–Trinajstić information content (AvgIpc) is 2.83. The Balaban J connectivity index is 1.58. The molecule has 1 amide bonds. The van der Waals surface area contributed by atoms with Crippen LogP contribution in [0.25, 0.3) is 6.08 Å². The normalized spacial score (nSPS) is 13.8. The molecule has 1 aromatic carbocycles. The molecule has 1 saturated heterocycles. The van der Waals surface area contributed by atoms with Gasteiger partial charge < -0.3 is 24.0 Å². The molecule has 0 saturated carbocycles. The highest BCUT2D eigenvalue weighted by atomic mass is 35.5. The van der Waals surface area contributed by atoms with Crippen LogP contribution in [0.3, 0.4) is 0 Å². The van der Waals surface area contributed by atoms with Crippen molar-refractivity contribution < 1.29 is 23.8 Å². The third-order valence-electron chi connectivity index (χ3n) is 5.13. The summed E-state index contributed by atoms with van der Waals surface area (Å²) in [5.41, 5.74) is 1.17. The van der Waals surface area contributed by atoms with E-state index in [2.05, 4.69) is 9.88 Å². The zero-order chi connectivity index (χ0) is 23.8. The maximum absolute atomic E-state index is 12.7. The molecule has 33 heavy (non-hydrogen) atoms. The van der Waals surface area contributed by atoms with Crippen LogP contribution in [0.2, 0.25) is 5.02 Å². The molecule has 1 fully saturated rings. The minimum Gasteiger partial charge on any atom is -0.491 e. The van der Waals surface area contributed by atoms with Crippen molar-refractivity contribution in [1.82, 2.24) is 9.88 Å². The molecule has 1 aliphatic heterocycles. The van der Waals surface area contributed by atoms with E-state index >= 15 is 0 Å². The highest BCUT2D eigenvalue weighted by Crippen LogP contribution is 2.36. The molecule has 9 heteroatoms. The fourth-order valence-corrected chi connectivity index (χ4v) is 3.78. The quantitative estimate of drug-likeness (QED) is 0.427. The lowest BCUT2D eigenvalue weighted by Gasteiger charge is -2.35. The van der Waals surface area contributed by atoms with Crippen LogP contribution in [0.4, 0.5) is 5.82 Å². The summed E-state index contributed by atoms with van der Waals surface area (Å²) < 4.78 is 15.9. The fraction of sp³-hybridized carbons (Fsp3) is 0.375. The van der Waals surface area contributed by atoms with Crippen molar-refractivity contribution in [2.45, 2.75) is 13.8 Å². The molecule has 0 N–H and O–H groups in total. The largest absolute Gasteiger partial charge is 0.491 e. The number of amides is 1. The van der Waals surface area contributed by atoms with E-state index in [1.54, 1.807) is 42.2 Å². The van der Waals surface area contributed by atoms with Crippen molar-refractivity contribution in [3.05, 3.63) is 52.7 Å². The Morgan fingerprint density at radius 3 is 2.48 bits per heavy atom. The number of nitrogens with zero attached hydrogens (tertiary/aromatic N) is 3. The molecule has 0 bridgehead atoms. The van der Waals surface area contributed by atoms with Gasteiger partial charge in [-0.15, -0.1) is 0 Å². The summed E-state index contributed by atoms with van der Waals surface area (Å²) in [6.45, 7) is 6.87. The molecule has 0 aliphatic carbocycles. The number of rotatable bonds is 8. The Kier molecular flexibility index (Phi) is 8.54. The van der Waals surface area contributed by atoms with Crippen LogP contribution >= 0.6 is 11.6 Å². The van der Waals surface area contributed by atoms with Crippen molar-refractivity contribution in [2.75, 3.05) is 51.4 Å². The minimum absolute atomic E-state index is 0.0785. The Labute approximate surface area is 198 Å². The number of anilines is 1. The Morgan fingerprint density at radius 2 is 1.88 bits per heavy atom. The lowest BCUT2D eigenvalue weighted by molar-refractivity contribution is -0.126. The molecule has 2 heterocycles. The van der Waals surface area contributed by atoms with Crippen LogP contribution in [0.15, 0.2) is 36.5 Å². The number of aromatic nitrogens is 1. The number of benzene rings is 1.